The Hall–Kier alpha value is -2.45. The summed E-state index contributed by atoms with van der Waals surface area (Å²) in [6, 6.07) is 7.36. The summed E-state index contributed by atoms with van der Waals surface area (Å²) >= 11 is 0. The minimum Gasteiger partial charge on any atom is -0.491 e. The fraction of sp³-hybridized carbons (Fsp3) is 0.500. The van der Waals surface area contributed by atoms with Crippen LogP contribution in [0.15, 0.2) is 24.3 Å². The topological polar surface area (TPSA) is 133 Å². The number of aliphatic hydroxyl groups is 1. The van der Waals surface area contributed by atoms with Crippen molar-refractivity contribution in [3.8, 4) is 5.75 Å². The van der Waals surface area contributed by atoms with Gasteiger partial charge in [0.15, 0.2) is 5.78 Å². The van der Waals surface area contributed by atoms with Crippen molar-refractivity contribution < 1.29 is 34.4 Å². The molecule has 8 heteroatoms. The van der Waals surface area contributed by atoms with Crippen LogP contribution in [0.3, 0.4) is 0 Å². The zero-order chi connectivity index (χ0) is 20.1. The minimum atomic E-state index is -1.82. The smallest absolute Gasteiger partial charge is 0.414 e. The van der Waals surface area contributed by atoms with E-state index in [-0.39, 0.29) is 12.4 Å². The first-order chi connectivity index (χ1) is 12.2. The Bertz CT molecular complexity index is 559. The lowest BCUT2D eigenvalue weighted by Crippen LogP contribution is -2.36. The maximum Gasteiger partial charge on any atom is 0.414 e. The van der Waals surface area contributed by atoms with Gasteiger partial charge in [-0.1, -0.05) is 13.3 Å². The fourth-order valence-electron chi connectivity index (χ4n) is 1.91. The van der Waals surface area contributed by atoms with Crippen LogP contribution in [0.5, 0.6) is 5.75 Å². The van der Waals surface area contributed by atoms with Gasteiger partial charge in [0.2, 0.25) is 0 Å². The number of benzene rings is 1. The third kappa shape index (κ3) is 11.2. The van der Waals surface area contributed by atoms with E-state index in [2.05, 4.69) is 19.2 Å². The first-order valence-electron chi connectivity index (χ1n) is 8.28. The summed E-state index contributed by atoms with van der Waals surface area (Å²) in [7, 11) is 0. The summed E-state index contributed by atoms with van der Waals surface area (Å²) < 4.78 is 5.49. The highest BCUT2D eigenvalue weighted by atomic mass is 16.5. The molecule has 1 aromatic rings. The third-order valence-electron chi connectivity index (χ3n) is 3.31. The molecule has 0 heterocycles. The molecule has 0 aromatic heterocycles. The van der Waals surface area contributed by atoms with Crippen LogP contribution in [0, 0.1) is 0 Å². The van der Waals surface area contributed by atoms with Crippen molar-refractivity contribution >= 4 is 17.7 Å². The third-order valence-corrected chi connectivity index (χ3v) is 3.31. The van der Waals surface area contributed by atoms with Gasteiger partial charge in [-0.15, -0.1) is 0 Å². The Labute approximate surface area is 152 Å². The molecule has 2 unspecified atom stereocenters. The van der Waals surface area contributed by atoms with Crippen molar-refractivity contribution in [1.82, 2.24) is 5.32 Å². The zero-order valence-electron chi connectivity index (χ0n) is 15.3. The molecule has 0 aliphatic rings. The van der Waals surface area contributed by atoms with E-state index >= 15 is 0 Å². The molecule has 26 heavy (non-hydrogen) atoms. The first kappa shape index (κ1) is 23.5. The summed E-state index contributed by atoms with van der Waals surface area (Å²) in [6.07, 6.45) is 1.69. The van der Waals surface area contributed by atoms with Gasteiger partial charge in [-0.25, -0.2) is 9.59 Å². The number of carboxylic acid groups (broad SMARTS) is 2. The van der Waals surface area contributed by atoms with E-state index in [0.29, 0.717) is 23.9 Å². The highest BCUT2D eigenvalue weighted by Crippen LogP contribution is 2.12. The predicted molar refractivity (Wildman–Crippen MR) is 95.6 cm³/mol. The van der Waals surface area contributed by atoms with Crippen molar-refractivity contribution in [2.45, 2.75) is 45.8 Å². The fourth-order valence-corrected chi connectivity index (χ4v) is 1.91. The number of rotatable bonds is 9. The minimum absolute atomic E-state index is 0.0331. The second-order valence-electron chi connectivity index (χ2n) is 5.75. The molecular weight excluding hydrogens is 342 g/mol. The van der Waals surface area contributed by atoms with Gasteiger partial charge in [0, 0.05) is 18.2 Å². The van der Waals surface area contributed by atoms with Gasteiger partial charge >= 0.3 is 11.9 Å². The average Bonchev–Trinajstić information content (AvgIpc) is 2.59. The summed E-state index contributed by atoms with van der Waals surface area (Å²) in [5.74, 6) is -2.95. The maximum atomic E-state index is 11.1. The Kier molecular flexibility index (Phi) is 11.6. The molecule has 0 bridgehead atoms. The van der Waals surface area contributed by atoms with Crippen molar-refractivity contribution in [2.75, 3.05) is 13.2 Å². The number of nitrogens with one attached hydrogen (secondary N) is 1. The van der Waals surface area contributed by atoms with Gasteiger partial charge in [0.1, 0.15) is 18.5 Å². The van der Waals surface area contributed by atoms with Gasteiger partial charge in [-0.2, -0.15) is 0 Å². The molecule has 0 fully saturated rings. The van der Waals surface area contributed by atoms with Crippen molar-refractivity contribution in [1.29, 1.82) is 0 Å². The molecule has 146 valence electrons. The molecule has 8 nitrogen and oxygen atoms in total. The molecule has 0 aliphatic carbocycles. The number of ether oxygens (including phenoxy) is 1. The normalized spacial score (nSPS) is 12.3. The number of carbonyl (C=O) groups excluding carboxylic acids is 1. The van der Waals surface area contributed by atoms with Crippen molar-refractivity contribution in [3.63, 3.8) is 0 Å². The van der Waals surface area contributed by atoms with E-state index in [1.54, 1.807) is 24.3 Å². The second-order valence-corrected chi connectivity index (χ2v) is 5.75. The highest BCUT2D eigenvalue weighted by Gasteiger charge is 2.08. The monoisotopic (exact) mass is 369 g/mol. The summed E-state index contributed by atoms with van der Waals surface area (Å²) in [6.45, 7) is 6.54. The molecule has 0 saturated heterocycles. The van der Waals surface area contributed by atoms with Crippen LogP contribution in [0.2, 0.25) is 0 Å². The molecular formula is C18H27NO7. The van der Waals surface area contributed by atoms with E-state index in [1.165, 1.54) is 6.92 Å². The lowest BCUT2D eigenvalue weighted by Gasteiger charge is -2.17. The molecule has 4 N–H and O–H groups in total. The van der Waals surface area contributed by atoms with Crippen molar-refractivity contribution in [3.05, 3.63) is 29.8 Å². The number of hydrogen-bond donors (Lipinski definition) is 4. The number of hydrogen-bond acceptors (Lipinski definition) is 6. The highest BCUT2D eigenvalue weighted by molar-refractivity contribution is 6.27. The quantitative estimate of drug-likeness (QED) is 0.381. The largest absolute Gasteiger partial charge is 0.491 e. The average molecular weight is 369 g/mol. The van der Waals surface area contributed by atoms with Crippen molar-refractivity contribution in [2.24, 2.45) is 0 Å². The molecule has 0 spiro atoms. The lowest BCUT2D eigenvalue weighted by atomic mass is 10.1. The van der Waals surface area contributed by atoms with Crippen LogP contribution in [0.4, 0.5) is 0 Å². The van der Waals surface area contributed by atoms with Crippen LogP contribution in [0.25, 0.3) is 0 Å². The Morgan fingerprint density at radius 2 is 1.65 bits per heavy atom. The van der Waals surface area contributed by atoms with Gasteiger partial charge < -0.3 is 25.4 Å². The molecule has 1 aromatic carbocycles. The van der Waals surface area contributed by atoms with Gasteiger partial charge in [0.25, 0.3) is 0 Å². The van der Waals surface area contributed by atoms with E-state index in [9.17, 15) is 9.90 Å². The van der Waals surface area contributed by atoms with Gasteiger partial charge in [-0.3, -0.25) is 4.79 Å². The zero-order valence-corrected chi connectivity index (χ0v) is 15.3. The SMILES string of the molecule is CCCC(C)NCC(O)COc1ccc(C(C)=O)cc1.O=C(O)C(=O)O. The summed E-state index contributed by atoms with van der Waals surface area (Å²) in [5, 5.41) is 27.9. The molecule has 0 amide bonds. The van der Waals surface area contributed by atoms with Crippen LogP contribution < -0.4 is 10.1 Å². The second kappa shape index (κ2) is 12.8. The van der Waals surface area contributed by atoms with E-state index < -0.39 is 18.0 Å². The standard InChI is InChI=1S/C16H25NO3.C2H2O4/c1-4-5-12(2)17-10-15(19)11-20-16-8-6-14(7-9-16)13(3)18;3-1(4)2(5)6/h6-9,12,15,17,19H,4-5,10-11H2,1-3H3;(H,3,4)(H,5,6). The number of carboxylic acids is 2. The Morgan fingerprint density at radius 1 is 1.12 bits per heavy atom. The number of carbonyl (C=O) groups is 3. The number of aliphatic hydroxyl groups excluding tert-OH is 1. The molecule has 0 aliphatic heterocycles. The number of aliphatic carboxylic acids is 2. The predicted octanol–water partition coefficient (Wildman–Crippen LogP) is 1.56. The first-order valence-corrected chi connectivity index (χ1v) is 8.28. The van der Waals surface area contributed by atoms with Crippen LogP contribution in [0.1, 0.15) is 44.0 Å². The molecule has 1 rings (SSSR count). The molecule has 2 atom stereocenters. The molecule has 0 radical (unpaired) electrons. The number of ketones is 1. The van der Waals surface area contributed by atoms with Crippen LogP contribution in [-0.4, -0.2) is 58.3 Å². The van der Waals surface area contributed by atoms with Crippen LogP contribution >= 0.6 is 0 Å². The van der Waals surface area contributed by atoms with E-state index in [1.807, 2.05) is 0 Å². The maximum absolute atomic E-state index is 11.1. The lowest BCUT2D eigenvalue weighted by molar-refractivity contribution is -0.159. The summed E-state index contributed by atoms with van der Waals surface area (Å²) in [5.41, 5.74) is 0.660. The Morgan fingerprint density at radius 3 is 2.08 bits per heavy atom. The van der Waals surface area contributed by atoms with E-state index in [0.717, 1.165) is 12.8 Å². The molecule has 0 saturated carbocycles. The van der Waals surface area contributed by atoms with Crippen LogP contribution in [-0.2, 0) is 9.59 Å². The van der Waals surface area contributed by atoms with E-state index in [4.69, 9.17) is 24.5 Å². The van der Waals surface area contributed by atoms with Gasteiger partial charge in [0.05, 0.1) is 0 Å². The van der Waals surface area contributed by atoms with Gasteiger partial charge in [-0.05, 0) is 44.5 Å². The summed E-state index contributed by atoms with van der Waals surface area (Å²) in [4.78, 5) is 29.3. The number of Topliss-reactive ketones (excluding diaryl/α,β-unsaturated/α-hetero) is 1. The Balaban J connectivity index is 0.000000896.